The van der Waals surface area contributed by atoms with Gasteiger partial charge in [0.2, 0.25) is 0 Å². The van der Waals surface area contributed by atoms with E-state index in [1.54, 1.807) is 7.11 Å². The lowest BCUT2D eigenvalue weighted by Crippen LogP contribution is -2.32. The minimum Gasteiger partial charge on any atom is -0.380 e. The quantitative estimate of drug-likeness (QED) is 0.807. The Labute approximate surface area is 106 Å². The molecule has 1 aromatic heterocycles. The summed E-state index contributed by atoms with van der Waals surface area (Å²) in [5.74, 6) is -1.02. The Morgan fingerprint density at radius 1 is 1.61 bits per heavy atom. The number of ether oxygens (including phenoxy) is 1. The van der Waals surface area contributed by atoms with E-state index in [0.717, 1.165) is 0 Å². The molecule has 1 rings (SSSR count). The van der Waals surface area contributed by atoms with E-state index in [0.29, 0.717) is 13.1 Å². The molecule has 1 heterocycles. The van der Waals surface area contributed by atoms with Crippen LogP contribution in [0.25, 0.3) is 0 Å². The van der Waals surface area contributed by atoms with Crippen LogP contribution in [0.2, 0.25) is 0 Å². The number of nitrogens with one attached hydrogen (secondary N) is 2. The van der Waals surface area contributed by atoms with Gasteiger partial charge in [-0.1, -0.05) is 0 Å². The number of pyridine rings is 1. The number of hydrogen-bond acceptors (Lipinski definition) is 4. The monoisotopic (exact) mass is 255 g/mol. The van der Waals surface area contributed by atoms with Gasteiger partial charge in [-0.3, -0.25) is 4.79 Å². The van der Waals surface area contributed by atoms with Crippen LogP contribution in [0.1, 0.15) is 24.2 Å². The first-order chi connectivity index (χ1) is 8.60. The van der Waals surface area contributed by atoms with Gasteiger partial charge in [-0.05, 0) is 19.9 Å². The average molecular weight is 255 g/mol. The number of hydrogen-bond donors (Lipinski definition) is 2. The van der Waals surface area contributed by atoms with E-state index in [-0.39, 0.29) is 17.5 Å². The second kappa shape index (κ2) is 6.90. The van der Waals surface area contributed by atoms with Gasteiger partial charge in [-0.2, -0.15) is 0 Å². The zero-order chi connectivity index (χ0) is 13.5. The van der Waals surface area contributed by atoms with Crippen LogP contribution in [0.4, 0.5) is 10.2 Å². The van der Waals surface area contributed by atoms with Crippen LogP contribution in [-0.4, -0.2) is 37.2 Å². The number of carbonyl (C=O) groups excluding carboxylic acids is 1. The molecule has 0 saturated heterocycles. The fraction of sp³-hybridized carbons (Fsp3) is 0.500. The van der Waals surface area contributed by atoms with E-state index < -0.39 is 11.7 Å². The molecule has 1 amide bonds. The highest BCUT2D eigenvalue weighted by molar-refractivity contribution is 5.95. The SMILES string of the molecule is CCNc1nccc(C(=O)NCC(C)OC)c1F. The summed E-state index contributed by atoms with van der Waals surface area (Å²) in [4.78, 5) is 15.6. The molecule has 0 saturated carbocycles. The van der Waals surface area contributed by atoms with Crippen LogP contribution in [0, 0.1) is 5.82 Å². The lowest BCUT2D eigenvalue weighted by atomic mass is 10.2. The van der Waals surface area contributed by atoms with Crippen molar-refractivity contribution < 1.29 is 13.9 Å². The second-order valence-electron chi connectivity index (χ2n) is 3.81. The number of anilines is 1. The molecule has 100 valence electrons. The van der Waals surface area contributed by atoms with Gasteiger partial charge >= 0.3 is 0 Å². The summed E-state index contributed by atoms with van der Waals surface area (Å²) >= 11 is 0. The van der Waals surface area contributed by atoms with Gasteiger partial charge in [0.15, 0.2) is 11.6 Å². The molecule has 6 heteroatoms. The first-order valence-corrected chi connectivity index (χ1v) is 5.79. The molecule has 0 aromatic carbocycles. The first kappa shape index (κ1) is 14.4. The van der Waals surface area contributed by atoms with Crippen molar-refractivity contribution in [3.05, 3.63) is 23.6 Å². The zero-order valence-electron chi connectivity index (χ0n) is 10.8. The Hall–Kier alpha value is -1.69. The van der Waals surface area contributed by atoms with Crippen molar-refractivity contribution in [1.82, 2.24) is 10.3 Å². The average Bonchev–Trinajstić information content (AvgIpc) is 2.38. The Morgan fingerprint density at radius 3 is 2.94 bits per heavy atom. The van der Waals surface area contributed by atoms with Gasteiger partial charge < -0.3 is 15.4 Å². The van der Waals surface area contributed by atoms with Crippen molar-refractivity contribution in [2.45, 2.75) is 20.0 Å². The van der Waals surface area contributed by atoms with Crippen LogP contribution in [0.15, 0.2) is 12.3 Å². The fourth-order valence-electron chi connectivity index (χ4n) is 1.32. The molecule has 2 N–H and O–H groups in total. The summed E-state index contributed by atoms with van der Waals surface area (Å²) < 4.78 is 18.9. The third-order valence-electron chi connectivity index (χ3n) is 2.43. The van der Waals surface area contributed by atoms with Crippen molar-refractivity contribution >= 4 is 11.7 Å². The van der Waals surface area contributed by atoms with Crippen molar-refractivity contribution in [3.63, 3.8) is 0 Å². The van der Waals surface area contributed by atoms with E-state index in [1.165, 1.54) is 12.3 Å². The molecule has 1 aromatic rings. The van der Waals surface area contributed by atoms with Crippen LogP contribution in [0.5, 0.6) is 0 Å². The number of halogens is 1. The first-order valence-electron chi connectivity index (χ1n) is 5.79. The largest absolute Gasteiger partial charge is 0.380 e. The number of methoxy groups -OCH3 is 1. The van der Waals surface area contributed by atoms with E-state index >= 15 is 0 Å². The summed E-state index contributed by atoms with van der Waals surface area (Å²) in [5.41, 5.74) is -0.0238. The van der Waals surface area contributed by atoms with Gasteiger partial charge in [-0.15, -0.1) is 0 Å². The van der Waals surface area contributed by atoms with Gasteiger partial charge in [-0.25, -0.2) is 9.37 Å². The molecule has 0 aliphatic carbocycles. The standard InChI is InChI=1S/C12H18FN3O2/c1-4-14-11-10(13)9(5-6-15-11)12(17)16-7-8(2)18-3/h5-6,8H,4,7H2,1-3H3,(H,14,15)(H,16,17). The molecule has 5 nitrogen and oxygen atoms in total. The number of rotatable bonds is 6. The van der Waals surface area contributed by atoms with Crippen LogP contribution < -0.4 is 10.6 Å². The lowest BCUT2D eigenvalue weighted by molar-refractivity contribution is 0.0867. The molecule has 1 atom stereocenters. The molecule has 0 spiro atoms. The van der Waals surface area contributed by atoms with E-state index in [2.05, 4.69) is 15.6 Å². The van der Waals surface area contributed by atoms with Crippen molar-refractivity contribution in [3.8, 4) is 0 Å². The highest BCUT2D eigenvalue weighted by Gasteiger charge is 2.15. The number of aromatic nitrogens is 1. The molecular formula is C12H18FN3O2. The highest BCUT2D eigenvalue weighted by atomic mass is 19.1. The second-order valence-corrected chi connectivity index (χ2v) is 3.81. The Bertz CT molecular complexity index is 412. The molecule has 18 heavy (non-hydrogen) atoms. The fourth-order valence-corrected chi connectivity index (χ4v) is 1.32. The molecular weight excluding hydrogens is 237 g/mol. The van der Waals surface area contributed by atoms with Crippen LogP contribution in [0.3, 0.4) is 0 Å². The van der Waals surface area contributed by atoms with Crippen molar-refractivity contribution in [2.24, 2.45) is 0 Å². The molecule has 0 radical (unpaired) electrons. The third kappa shape index (κ3) is 3.66. The maximum atomic E-state index is 13.9. The highest BCUT2D eigenvalue weighted by Crippen LogP contribution is 2.14. The predicted octanol–water partition coefficient (Wildman–Crippen LogP) is 1.42. The smallest absolute Gasteiger partial charge is 0.254 e. The Kier molecular flexibility index (Phi) is 5.51. The Morgan fingerprint density at radius 2 is 2.33 bits per heavy atom. The zero-order valence-corrected chi connectivity index (χ0v) is 10.8. The third-order valence-corrected chi connectivity index (χ3v) is 2.43. The normalized spacial score (nSPS) is 12.0. The topological polar surface area (TPSA) is 63.2 Å². The molecule has 0 aliphatic rings. The number of carbonyl (C=O) groups is 1. The van der Waals surface area contributed by atoms with Gasteiger partial charge in [0.25, 0.3) is 5.91 Å². The summed E-state index contributed by atoms with van der Waals surface area (Å²) in [7, 11) is 1.55. The minimum atomic E-state index is -0.637. The lowest BCUT2D eigenvalue weighted by Gasteiger charge is -2.12. The van der Waals surface area contributed by atoms with Crippen LogP contribution in [-0.2, 0) is 4.74 Å². The summed E-state index contributed by atoms with van der Waals surface area (Å²) in [6, 6.07) is 1.35. The maximum absolute atomic E-state index is 13.9. The van der Waals surface area contributed by atoms with Gasteiger partial charge in [0, 0.05) is 26.4 Å². The molecule has 0 fully saturated rings. The number of nitrogens with zero attached hydrogens (tertiary/aromatic N) is 1. The maximum Gasteiger partial charge on any atom is 0.254 e. The van der Waals surface area contributed by atoms with Gasteiger partial charge in [0.05, 0.1) is 11.7 Å². The minimum absolute atomic E-state index is 0.0238. The molecule has 0 bridgehead atoms. The van der Waals surface area contributed by atoms with E-state index in [4.69, 9.17) is 4.74 Å². The number of amides is 1. The van der Waals surface area contributed by atoms with Crippen molar-refractivity contribution in [1.29, 1.82) is 0 Å². The Balaban J connectivity index is 2.76. The van der Waals surface area contributed by atoms with Crippen molar-refractivity contribution in [2.75, 3.05) is 25.5 Å². The van der Waals surface area contributed by atoms with Crippen LogP contribution >= 0.6 is 0 Å². The van der Waals surface area contributed by atoms with E-state index in [9.17, 15) is 9.18 Å². The molecule has 1 unspecified atom stereocenters. The molecule has 0 aliphatic heterocycles. The summed E-state index contributed by atoms with van der Waals surface area (Å²) in [6.45, 7) is 4.50. The van der Waals surface area contributed by atoms with Gasteiger partial charge in [0.1, 0.15) is 0 Å². The van der Waals surface area contributed by atoms with E-state index in [1.807, 2.05) is 13.8 Å². The predicted molar refractivity (Wildman–Crippen MR) is 67.2 cm³/mol. The summed E-state index contributed by atoms with van der Waals surface area (Å²) in [6.07, 6.45) is 1.28. The summed E-state index contributed by atoms with van der Waals surface area (Å²) in [5, 5.41) is 5.36.